The normalized spacial score (nSPS) is 25.1. The first kappa shape index (κ1) is 13.8. The highest BCUT2D eigenvalue weighted by Crippen LogP contribution is 2.17. The van der Waals surface area contributed by atoms with E-state index in [9.17, 15) is 0 Å². The van der Waals surface area contributed by atoms with Gasteiger partial charge in [-0.25, -0.2) is 0 Å². The predicted octanol–water partition coefficient (Wildman–Crippen LogP) is 2.69. The highest BCUT2D eigenvalue weighted by atomic mass is 32.2. The molecule has 16 heavy (non-hydrogen) atoms. The highest BCUT2D eigenvalue weighted by Gasteiger charge is 2.24. The smallest absolute Gasteiger partial charge is 0.0627 e. The molecule has 1 aliphatic heterocycles. The lowest BCUT2D eigenvalue weighted by atomic mass is 9.93. The fraction of sp³-hybridized carbons (Fsp3) is 0.917. The molecular weight excluding hydrogens is 220 g/mol. The number of hydrogen-bond donors (Lipinski definition) is 1. The fourth-order valence-electron chi connectivity index (χ4n) is 2.22. The van der Waals surface area contributed by atoms with Gasteiger partial charge >= 0.3 is 0 Å². The van der Waals surface area contributed by atoms with Gasteiger partial charge in [0.15, 0.2) is 0 Å². The van der Waals surface area contributed by atoms with Gasteiger partial charge in [0.05, 0.1) is 5.71 Å². The Balaban J connectivity index is 2.25. The SMILES string of the molecule is CCSCCCN1CCC(=NO)C(CC)C1. The Hall–Kier alpha value is -0.220. The fourth-order valence-corrected chi connectivity index (χ4v) is 2.84. The van der Waals surface area contributed by atoms with E-state index in [4.69, 9.17) is 5.21 Å². The molecule has 94 valence electrons. The molecule has 0 amide bonds. The lowest BCUT2D eigenvalue weighted by Gasteiger charge is -2.32. The monoisotopic (exact) mass is 244 g/mol. The van der Waals surface area contributed by atoms with Gasteiger partial charge in [-0.15, -0.1) is 0 Å². The molecule has 1 rings (SSSR count). The Labute approximate surface area is 103 Å². The van der Waals surface area contributed by atoms with Crippen LogP contribution < -0.4 is 0 Å². The first-order valence-corrected chi connectivity index (χ1v) is 7.48. The minimum Gasteiger partial charge on any atom is -0.411 e. The zero-order valence-corrected chi connectivity index (χ0v) is 11.3. The molecule has 0 aliphatic carbocycles. The highest BCUT2D eigenvalue weighted by molar-refractivity contribution is 7.99. The van der Waals surface area contributed by atoms with Crippen LogP contribution in [0, 0.1) is 5.92 Å². The van der Waals surface area contributed by atoms with E-state index in [1.807, 2.05) is 11.8 Å². The van der Waals surface area contributed by atoms with Crippen molar-refractivity contribution >= 4 is 17.5 Å². The molecule has 1 N–H and O–H groups in total. The van der Waals surface area contributed by atoms with Crippen molar-refractivity contribution in [3.63, 3.8) is 0 Å². The predicted molar refractivity (Wildman–Crippen MR) is 71.7 cm³/mol. The molecule has 0 saturated carbocycles. The Bertz CT molecular complexity index is 221. The van der Waals surface area contributed by atoms with Crippen LogP contribution in [0.1, 0.15) is 33.1 Å². The standard InChI is InChI=1S/C12H24N2OS/c1-3-11-10-14(7-5-9-16-4-2)8-6-12(11)13-15/h11,15H,3-10H2,1-2H3. The van der Waals surface area contributed by atoms with Crippen LogP contribution in [-0.2, 0) is 0 Å². The summed E-state index contributed by atoms with van der Waals surface area (Å²) in [5.74, 6) is 2.96. The molecule has 1 atom stereocenters. The largest absolute Gasteiger partial charge is 0.411 e. The van der Waals surface area contributed by atoms with Crippen molar-refractivity contribution < 1.29 is 5.21 Å². The first-order chi connectivity index (χ1) is 7.81. The van der Waals surface area contributed by atoms with Crippen LogP contribution in [0.5, 0.6) is 0 Å². The van der Waals surface area contributed by atoms with E-state index in [1.54, 1.807) is 0 Å². The minimum atomic E-state index is 0.470. The molecule has 1 saturated heterocycles. The lowest BCUT2D eigenvalue weighted by molar-refractivity contribution is 0.228. The molecular formula is C12H24N2OS. The van der Waals surface area contributed by atoms with Gasteiger partial charge in [-0.2, -0.15) is 11.8 Å². The van der Waals surface area contributed by atoms with Crippen molar-refractivity contribution in [3.8, 4) is 0 Å². The van der Waals surface area contributed by atoms with Gasteiger partial charge in [0.25, 0.3) is 0 Å². The summed E-state index contributed by atoms with van der Waals surface area (Å²) in [4.78, 5) is 2.51. The van der Waals surface area contributed by atoms with Crippen molar-refractivity contribution in [3.05, 3.63) is 0 Å². The number of nitrogens with zero attached hydrogens (tertiary/aromatic N) is 2. The maximum Gasteiger partial charge on any atom is 0.0627 e. The number of piperidine rings is 1. The molecule has 1 fully saturated rings. The van der Waals surface area contributed by atoms with Crippen LogP contribution in [0.3, 0.4) is 0 Å². The molecule has 4 heteroatoms. The maximum atomic E-state index is 8.89. The lowest BCUT2D eigenvalue weighted by Crippen LogP contribution is -2.41. The van der Waals surface area contributed by atoms with E-state index in [2.05, 4.69) is 23.9 Å². The van der Waals surface area contributed by atoms with E-state index in [0.29, 0.717) is 5.92 Å². The molecule has 0 radical (unpaired) electrons. The van der Waals surface area contributed by atoms with Crippen LogP contribution in [-0.4, -0.2) is 47.0 Å². The van der Waals surface area contributed by atoms with Gasteiger partial charge in [0.1, 0.15) is 0 Å². The summed E-state index contributed by atoms with van der Waals surface area (Å²) in [6, 6.07) is 0. The number of oxime groups is 1. The van der Waals surface area contributed by atoms with Gasteiger partial charge in [-0.3, -0.25) is 0 Å². The van der Waals surface area contributed by atoms with Gasteiger partial charge in [0.2, 0.25) is 0 Å². The van der Waals surface area contributed by atoms with E-state index in [0.717, 1.165) is 31.6 Å². The number of likely N-dealkylation sites (tertiary alicyclic amines) is 1. The average molecular weight is 244 g/mol. The van der Waals surface area contributed by atoms with E-state index < -0.39 is 0 Å². The van der Waals surface area contributed by atoms with Crippen LogP contribution in [0.15, 0.2) is 5.16 Å². The number of thioether (sulfide) groups is 1. The Kier molecular flexibility index (Phi) is 6.88. The van der Waals surface area contributed by atoms with Crippen molar-refractivity contribution in [2.24, 2.45) is 11.1 Å². The van der Waals surface area contributed by atoms with E-state index in [-0.39, 0.29) is 0 Å². The first-order valence-electron chi connectivity index (χ1n) is 6.32. The molecule has 3 nitrogen and oxygen atoms in total. The number of rotatable bonds is 6. The molecule has 0 bridgehead atoms. The molecule has 0 aromatic heterocycles. The van der Waals surface area contributed by atoms with Gasteiger partial charge in [-0.05, 0) is 30.9 Å². The van der Waals surface area contributed by atoms with E-state index in [1.165, 1.54) is 24.5 Å². The molecule has 0 aromatic rings. The summed E-state index contributed by atoms with van der Waals surface area (Å²) in [6.45, 7) is 7.72. The summed E-state index contributed by atoms with van der Waals surface area (Å²) < 4.78 is 0. The molecule has 0 spiro atoms. The van der Waals surface area contributed by atoms with Gasteiger partial charge < -0.3 is 10.1 Å². The van der Waals surface area contributed by atoms with Crippen molar-refractivity contribution in [2.45, 2.75) is 33.1 Å². The summed E-state index contributed by atoms with van der Waals surface area (Å²) in [5.41, 5.74) is 1.00. The zero-order chi connectivity index (χ0) is 11.8. The molecule has 1 unspecified atom stereocenters. The third kappa shape index (κ3) is 4.34. The van der Waals surface area contributed by atoms with Crippen molar-refractivity contribution in [1.82, 2.24) is 4.90 Å². The summed E-state index contributed by atoms with van der Waals surface area (Å²) in [5, 5.41) is 12.3. The molecule has 1 heterocycles. The van der Waals surface area contributed by atoms with Crippen LogP contribution >= 0.6 is 11.8 Å². The van der Waals surface area contributed by atoms with Crippen LogP contribution in [0.4, 0.5) is 0 Å². The second-order valence-corrected chi connectivity index (χ2v) is 5.69. The van der Waals surface area contributed by atoms with Crippen LogP contribution in [0.25, 0.3) is 0 Å². The third-order valence-electron chi connectivity index (χ3n) is 3.22. The summed E-state index contributed by atoms with van der Waals surface area (Å²) >= 11 is 2.02. The second-order valence-electron chi connectivity index (χ2n) is 4.30. The maximum absolute atomic E-state index is 8.89. The average Bonchev–Trinajstić information content (AvgIpc) is 2.34. The van der Waals surface area contributed by atoms with Gasteiger partial charge in [-0.1, -0.05) is 19.0 Å². The van der Waals surface area contributed by atoms with E-state index >= 15 is 0 Å². The second kappa shape index (κ2) is 7.96. The summed E-state index contributed by atoms with van der Waals surface area (Å²) in [6.07, 6.45) is 3.30. The van der Waals surface area contributed by atoms with Crippen LogP contribution in [0.2, 0.25) is 0 Å². The Morgan fingerprint density at radius 3 is 2.94 bits per heavy atom. The topological polar surface area (TPSA) is 35.8 Å². The number of hydrogen-bond acceptors (Lipinski definition) is 4. The Morgan fingerprint density at radius 2 is 2.31 bits per heavy atom. The minimum absolute atomic E-state index is 0.470. The Morgan fingerprint density at radius 1 is 1.50 bits per heavy atom. The summed E-state index contributed by atoms with van der Waals surface area (Å²) in [7, 11) is 0. The molecule has 0 aromatic carbocycles. The zero-order valence-electron chi connectivity index (χ0n) is 10.5. The van der Waals surface area contributed by atoms with Crippen molar-refractivity contribution in [1.29, 1.82) is 0 Å². The third-order valence-corrected chi connectivity index (χ3v) is 4.21. The van der Waals surface area contributed by atoms with Crippen molar-refractivity contribution in [2.75, 3.05) is 31.1 Å². The quantitative estimate of drug-likeness (QED) is 0.443. The van der Waals surface area contributed by atoms with Gasteiger partial charge in [0, 0.05) is 25.4 Å². The molecule has 1 aliphatic rings.